The van der Waals surface area contributed by atoms with Gasteiger partial charge in [0.25, 0.3) is 0 Å². The van der Waals surface area contributed by atoms with E-state index in [0.717, 1.165) is 5.56 Å². The van der Waals surface area contributed by atoms with Crippen molar-refractivity contribution in [3.8, 4) is 0 Å². The van der Waals surface area contributed by atoms with Gasteiger partial charge in [0.05, 0.1) is 20.3 Å². The van der Waals surface area contributed by atoms with Crippen LogP contribution in [0.15, 0.2) is 30.3 Å². The van der Waals surface area contributed by atoms with Crippen LogP contribution in [0, 0.1) is 0 Å². The highest BCUT2D eigenvalue weighted by atomic mass is 17.2. The predicted octanol–water partition coefficient (Wildman–Crippen LogP) is 2.21. The number of fused-ring (bicyclic) bond motifs is 1. The van der Waals surface area contributed by atoms with E-state index in [1.807, 2.05) is 44.2 Å². The van der Waals surface area contributed by atoms with E-state index in [1.165, 1.54) is 7.11 Å². The number of hydrogen-bond acceptors (Lipinski definition) is 7. The first-order chi connectivity index (χ1) is 12.0. The lowest BCUT2D eigenvalue weighted by Crippen LogP contribution is -2.52. The molecule has 2 saturated heterocycles. The average molecular weight is 354 g/mol. The second-order valence-corrected chi connectivity index (χ2v) is 6.57. The summed E-state index contributed by atoms with van der Waals surface area (Å²) in [5, 5.41) is 0. The summed E-state index contributed by atoms with van der Waals surface area (Å²) in [4.78, 5) is 10.5. The Labute approximate surface area is 148 Å². The minimum absolute atomic E-state index is 0.324. The van der Waals surface area contributed by atoms with Crippen LogP contribution in [0.5, 0.6) is 0 Å². The average Bonchev–Trinajstić information content (AvgIpc) is 2.70. The van der Waals surface area contributed by atoms with Crippen molar-refractivity contribution in [2.24, 2.45) is 0 Å². The summed E-state index contributed by atoms with van der Waals surface area (Å²) in [6.45, 7) is 4.39. The van der Waals surface area contributed by atoms with Crippen LogP contribution in [0.2, 0.25) is 0 Å². The summed E-state index contributed by atoms with van der Waals surface area (Å²) in [6.07, 6.45) is -2.22. The van der Waals surface area contributed by atoms with Crippen LogP contribution in [0.4, 0.5) is 0 Å². The summed E-state index contributed by atoms with van der Waals surface area (Å²) in [7, 11) is 3.07. The van der Waals surface area contributed by atoms with Gasteiger partial charge in [0.2, 0.25) is 0 Å². The predicted molar refractivity (Wildman–Crippen MR) is 87.6 cm³/mol. The number of hydrogen-bond donors (Lipinski definition) is 0. The second-order valence-electron chi connectivity index (χ2n) is 6.57. The highest BCUT2D eigenvalue weighted by Crippen LogP contribution is 2.36. The zero-order valence-electron chi connectivity index (χ0n) is 15.0. The van der Waals surface area contributed by atoms with E-state index in [-0.39, 0.29) is 6.10 Å². The molecule has 25 heavy (non-hydrogen) atoms. The van der Waals surface area contributed by atoms with E-state index in [9.17, 15) is 0 Å². The Morgan fingerprint density at radius 2 is 1.88 bits per heavy atom. The largest absolute Gasteiger partial charge is 0.382 e. The molecular formula is C18H26O7. The highest BCUT2D eigenvalue weighted by Gasteiger charge is 2.50. The molecule has 0 aliphatic carbocycles. The molecule has 2 aliphatic heterocycles. The number of methoxy groups -OCH3 is 1. The number of benzene rings is 1. The molecule has 2 aliphatic rings. The fourth-order valence-corrected chi connectivity index (χ4v) is 3.28. The van der Waals surface area contributed by atoms with Crippen LogP contribution < -0.4 is 0 Å². The molecule has 3 rings (SSSR count). The van der Waals surface area contributed by atoms with E-state index in [0.29, 0.717) is 13.2 Å². The third-order valence-corrected chi connectivity index (χ3v) is 4.23. The number of rotatable bonds is 5. The molecule has 7 nitrogen and oxygen atoms in total. The zero-order chi connectivity index (χ0) is 17.9. The van der Waals surface area contributed by atoms with Gasteiger partial charge in [-0.15, -0.1) is 0 Å². The molecule has 0 radical (unpaired) electrons. The fraction of sp³-hybridized carbons (Fsp3) is 0.667. The van der Waals surface area contributed by atoms with Crippen molar-refractivity contribution in [1.29, 1.82) is 0 Å². The first-order valence-electron chi connectivity index (χ1n) is 8.40. The van der Waals surface area contributed by atoms with Gasteiger partial charge in [-0.25, -0.2) is 9.78 Å². The molecule has 0 saturated carbocycles. The molecule has 0 spiro atoms. The van der Waals surface area contributed by atoms with Crippen LogP contribution >= 0.6 is 0 Å². The molecule has 5 atom stereocenters. The van der Waals surface area contributed by atoms with Crippen molar-refractivity contribution >= 4 is 0 Å². The van der Waals surface area contributed by atoms with E-state index >= 15 is 0 Å². The van der Waals surface area contributed by atoms with Gasteiger partial charge in [-0.1, -0.05) is 30.3 Å². The first-order valence-corrected chi connectivity index (χ1v) is 8.40. The maximum absolute atomic E-state index is 6.20. The van der Waals surface area contributed by atoms with Crippen molar-refractivity contribution in [2.75, 3.05) is 27.4 Å². The standard InChI is InChI=1S/C18H26O7/c1-18(2)23-13(10-19-3)16(25-20-4)15-14(24-18)11-21-17(22-15)12-8-6-5-7-9-12/h5-9,13-17H,10-11H2,1-4H3/t13-,14-,15-,16-,17?/m1/s1. The summed E-state index contributed by atoms with van der Waals surface area (Å²) in [5.41, 5.74) is 0.935. The van der Waals surface area contributed by atoms with Gasteiger partial charge in [-0.05, 0) is 13.8 Å². The molecule has 0 bridgehead atoms. The van der Waals surface area contributed by atoms with E-state index in [2.05, 4.69) is 0 Å². The van der Waals surface area contributed by atoms with Crippen molar-refractivity contribution in [3.63, 3.8) is 0 Å². The van der Waals surface area contributed by atoms with Crippen molar-refractivity contribution in [2.45, 2.75) is 50.3 Å². The van der Waals surface area contributed by atoms with Gasteiger partial charge < -0.3 is 23.7 Å². The quantitative estimate of drug-likeness (QED) is 0.593. The normalized spacial score (nSPS) is 35.0. The Morgan fingerprint density at radius 3 is 2.56 bits per heavy atom. The third-order valence-electron chi connectivity index (χ3n) is 4.23. The van der Waals surface area contributed by atoms with Crippen LogP contribution in [-0.4, -0.2) is 57.6 Å². The van der Waals surface area contributed by atoms with E-state index in [4.69, 9.17) is 33.5 Å². The van der Waals surface area contributed by atoms with Crippen molar-refractivity contribution in [3.05, 3.63) is 35.9 Å². The van der Waals surface area contributed by atoms with Gasteiger partial charge >= 0.3 is 0 Å². The Hall–Kier alpha value is -1.06. The minimum Gasteiger partial charge on any atom is -0.382 e. The van der Waals surface area contributed by atoms with Crippen LogP contribution in [0.1, 0.15) is 25.7 Å². The SMILES string of the molecule is COC[C@H]1OC(C)(C)O[C@@H]2COC(c3ccccc3)O[C@H]2[C@@H]1OOC. The molecule has 1 aromatic rings. The Kier molecular flexibility index (Phi) is 6.06. The zero-order valence-corrected chi connectivity index (χ0v) is 15.0. The molecule has 1 unspecified atom stereocenters. The molecule has 2 fully saturated rings. The minimum atomic E-state index is -0.829. The van der Waals surface area contributed by atoms with Crippen LogP contribution in [0.25, 0.3) is 0 Å². The van der Waals surface area contributed by atoms with E-state index < -0.39 is 30.4 Å². The Bertz CT molecular complexity index is 535. The van der Waals surface area contributed by atoms with E-state index in [1.54, 1.807) is 7.11 Å². The molecule has 2 heterocycles. The molecule has 0 N–H and O–H groups in total. The topological polar surface area (TPSA) is 64.6 Å². The van der Waals surface area contributed by atoms with Gasteiger partial charge in [0.1, 0.15) is 18.3 Å². The molecule has 140 valence electrons. The molecule has 7 heteroatoms. The summed E-state index contributed by atoms with van der Waals surface area (Å²) in [6, 6.07) is 9.76. The third kappa shape index (κ3) is 4.38. The molecular weight excluding hydrogens is 328 g/mol. The van der Waals surface area contributed by atoms with Crippen LogP contribution in [-0.2, 0) is 33.5 Å². The lowest BCUT2D eigenvalue weighted by atomic mass is 10.0. The lowest BCUT2D eigenvalue weighted by Gasteiger charge is -2.39. The highest BCUT2D eigenvalue weighted by molar-refractivity contribution is 5.16. The maximum atomic E-state index is 6.20. The maximum Gasteiger partial charge on any atom is 0.184 e. The first kappa shape index (κ1) is 18.7. The van der Waals surface area contributed by atoms with Gasteiger partial charge in [0.15, 0.2) is 18.2 Å². The molecule has 1 aromatic carbocycles. The van der Waals surface area contributed by atoms with Crippen LogP contribution in [0.3, 0.4) is 0 Å². The van der Waals surface area contributed by atoms with Gasteiger partial charge in [-0.3, -0.25) is 0 Å². The second kappa shape index (κ2) is 8.09. The Balaban J connectivity index is 1.86. The van der Waals surface area contributed by atoms with Crippen molar-refractivity contribution in [1.82, 2.24) is 0 Å². The van der Waals surface area contributed by atoms with Gasteiger partial charge in [-0.2, -0.15) is 0 Å². The molecule has 0 aromatic heterocycles. The monoisotopic (exact) mass is 354 g/mol. The fourth-order valence-electron chi connectivity index (χ4n) is 3.28. The van der Waals surface area contributed by atoms with Gasteiger partial charge in [0, 0.05) is 12.7 Å². The lowest BCUT2D eigenvalue weighted by molar-refractivity contribution is -0.363. The summed E-state index contributed by atoms with van der Waals surface area (Å²) < 4.78 is 29.5. The number of ether oxygens (including phenoxy) is 5. The summed E-state index contributed by atoms with van der Waals surface area (Å²) in [5.74, 6) is -0.829. The smallest absolute Gasteiger partial charge is 0.184 e. The Morgan fingerprint density at radius 1 is 1.12 bits per heavy atom. The van der Waals surface area contributed by atoms with Crippen molar-refractivity contribution < 1.29 is 33.5 Å². The molecule has 0 amide bonds. The summed E-state index contributed by atoms with van der Waals surface area (Å²) >= 11 is 0.